The molecule has 0 aromatic carbocycles. The molecule has 2 atom stereocenters. The summed E-state index contributed by atoms with van der Waals surface area (Å²) in [5.74, 6) is -2.84. The molecule has 0 saturated heterocycles. The summed E-state index contributed by atoms with van der Waals surface area (Å²) in [6, 6.07) is -0.307. The number of hydrogen-bond acceptors (Lipinski definition) is 3. The number of ether oxygens (including phenoxy) is 1. The van der Waals surface area contributed by atoms with Crippen molar-refractivity contribution >= 4 is 23.4 Å². The van der Waals surface area contributed by atoms with Crippen LogP contribution in [0.5, 0.6) is 0 Å². The fourth-order valence-corrected chi connectivity index (χ4v) is 2.05. The summed E-state index contributed by atoms with van der Waals surface area (Å²) in [4.78, 5) is 10.3. The average Bonchev–Trinajstić information content (AvgIpc) is 2.19. The molecule has 17 heavy (non-hydrogen) atoms. The molecule has 5 nitrogen and oxygen atoms in total. The lowest BCUT2D eigenvalue weighted by molar-refractivity contribution is -0.149. The van der Waals surface area contributed by atoms with Crippen LogP contribution in [0.4, 0.5) is 13.6 Å². The number of carbonyl (C=O) groups is 1. The van der Waals surface area contributed by atoms with Gasteiger partial charge in [0.2, 0.25) is 0 Å². The molecule has 0 aromatic rings. The maximum absolute atomic E-state index is 13.3. The van der Waals surface area contributed by atoms with Crippen LogP contribution >= 0.6 is 12.2 Å². The van der Waals surface area contributed by atoms with E-state index in [0.717, 1.165) is 0 Å². The van der Waals surface area contributed by atoms with Gasteiger partial charge in [0.05, 0.1) is 0 Å². The molecule has 0 aliphatic heterocycles. The van der Waals surface area contributed by atoms with Crippen LogP contribution in [0, 0.1) is 0 Å². The Hall–Kier alpha value is -1.02. The molecule has 1 rings (SSSR count). The number of hydrogen-bond donors (Lipinski definition) is 3. The molecule has 1 aliphatic carbocycles. The van der Waals surface area contributed by atoms with Gasteiger partial charge in [-0.05, 0) is 25.1 Å². The molecule has 8 heteroatoms. The molecule has 0 unspecified atom stereocenters. The van der Waals surface area contributed by atoms with E-state index in [-0.39, 0.29) is 30.4 Å². The summed E-state index contributed by atoms with van der Waals surface area (Å²) in [5.41, 5.74) is 0. The lowest BCUT2D eigenvalue weighted by atomic mass is 9.89. The van der Waals surface area contributed by atoms with E-state index in [1.54, 1.807) is 0 Å². The lowest BCUT2D eigenvalue weighted by Crippen LogP contribution is -2.51. The van der Waals surface area contributed by atoms with Gasteiger partial charge in [-0.3, -0.25) is 5.32 Å². The van der Waals surface area contributed by atoms with Crippen LogP contribution in [0.25, 0.3) is 0 Å². The highest BCUT2D eigenvalue weighted by atomic mass is 32.1. The van der Waals surface area contributed by atoms with Gasteiger partial charge in [-0.1, -0.05) is 0 Å². The second kappa shape index (κ2) is 5.54. The van der Waals surface area contributed by atoms with Crippen LogP contribution in [0.15, 0.2) is 0 Å². The van der Waals surface area contributed by atoms with E-state index in [4.69, 9.17) is 22.1 Å². The molecule has 3 N–H and O–H groups in total. The van der Waals surface area contributed by atoms with Gasteiger partial charge in [-0.15, -0.1) is 0 Å². The van der Waals surface area contributed by atoms with E-state index in [0.29, 0.717) is 0 Å². The predicted octanol–water partition coefficient (Wildman–Crippen LogP) is 1.33. The first kappa shape index (κ1) is 14.0. The van der Waals surface area contributed by atoms with Gasteiger partial charge in [-0.2, -0.15) is 0 Å². The van der Waals surface area contributed by atoms with E-state index in [1.807, 2.05) is 5.32 Å². The van der Waals surface area contributed by atoms with Crippen molar-refractivity contribution in [1.29, 1.82) is 0 Å². The molecule has 98 valence electrons. The minimum Gasteiger partial charge on any atom is -0.465 e. The van der Waals surface area contributed by atoms with E-state index >= 15 is 0 Å². The Morgan fingerprint density at radius 1 is 1.59 bits per heavy atom. The van der Waals surface area contributed by atoms with E-state index in [1.165, 1.54) is 7.11 Å². The van der Waals surface area contributed by atoms with Gasteiger partial charge >= 0.3 is 6.09 Å². The Labute approximate surface area is 103 Å². The fourth-order valence-electron chi connectivity index (χ4n) is 1.79. The molecule has 0 aromatic heterocycles. The Balaban J connectivity index is 2.47. The van der Waals surface area contributed by atoms with Crippen molar-refractivity contribution in [2.75, 3.05) is 7.11 Å². The quantitative estimate of drug-likeness (QED) is 0.659. The molecule has 0 radical (unpaired) electrons. The van der Waals surface area contributed by atoms with Crippen LogP contribution in [0.3, 0.4) is 0 Å². The zero-order chi connectivity index (χ0) is 13.1. The summed E-state index contributed by atoms with van der Waals surface area (Å²) in [5, 5.41) is 13.0. The molecule has 1 amide bonds. The SMILES string of the molecule is CO[C@@H]1C[C@H](NC(=S)NC(=O)O)CCC1(F)F. The number of thiocarbonyl (C=S) groups is 1. The normalized spacial score (nSPS) is 27.2. The summed E-state index contributed by atoms with van der Waals surface area (Å²) in [6.45, 7) is 0. The third kappa shape index (κ3) is 4.04. The van der Waals surface area contributed by atoms with Crippen molar-refractivity contribution < 1.29 is 23.4 Å². The molecule has 1 fully saturated rings. The van der Waals surface area contributed by atoms with Crippen LogP contribution in [0.1, 0.15) is 19.3 Å². The highest BCUT2D eigenvalue weighted by Gasteiger charge is 2.45. The third-order valence-corrected chi connectivity index (χ3v) is 2.86. The van der Waals surface area contributed by atoms with Gasteiger partial charge in [0.15, 0.2) is 5.11 Å². The topological polar surface area (TPSA) is 70.6 Å². The minimum atomic E-state index is -2.84. The molecular formula is C9H14F2N2O3S. The van der Waals surface area contributed by atoms with Crippen LogP contribution in [-0.4, -0.2) is 41.5 Å². The zero-order valence-corrected chi connectivity index (χ0v) is 10.0. The zero-order valence-electron chi connectivity index (χ0n) is 9.20. The number of carboxylic acid groups (broad SMARTS) is 1. The molecule has 0 bridgehead atoms. The lowest BCUT2D eigenvalue weighted by Gasteiger charge is -2.35. The number of methoxy groups -OCH3 is 1. The molecule has 1 aliphatic rings. The van der Waals surface area contributed by atoms with Gasteiger partial charge in [-0.25, -0.2) is 13.6 Å². The van der Waals surface area contributed by atoms with Crippen molar-refractivity contribution in [2.24, 2.45) is 0 Å². The number of rotatable bonds is 2. The first-order valence-corrected chi connectivity index (χ1v) is 5.47. The highest BCUT2D eigenvalue weighted by Crippen LogP contribution is 2.35. The second-order valence-corrected chi connectivity index (χ2v) is 4.27. The number of nitrogens with one attached hydrogen (secondary N) is 2. The third-order valence-electron chi connectivity index (χ3n) is 2.64. The van der Waals surface area contributed by atoms with Gasteiger partial charge in [0.1, 0.15) is 6.10 Å². The van der Waals surface area contributed by atoms with Crippen LogP contribution in [0.2, 0.25) is 0 Å². The Morgan fingerprint density at radius 3 is 2.76 bits per heavy atom. The van der Waals surface area contributed by atoms with E-state index in [9.17, 15) is 13.6 Å². The van der Waals surface area contributed by atoms with Crippen molar-refractivity contribution in [3.63, 3.8) is 0 Å². The second-order valence-electron chi connectivity index (χ2n) is 3.86. The average molecular weight is 268 g/mol. The largest absolute Gasteiger partial charge is 0.465 e. The molecule has 0 spiro atoms. The number of halogens is 2. The standard InChI is InChI=1S/C9H14F2N2O3S/c1-16-6-4-5(2-3-9(6,10)11)12-7(17)13-8(14)15/h5-6H,2-4H2,1H3,(H,14,15)(H2,12,13,17)/t5-,6-/m1/s1. The van der Waals surface area contributed by atoms with Crippen molar-refractivity contribution in [3.05, 3.63) is 0 Å². The summed E-state index contributed by atoms with van der Waals surface area (Å²) < 4.78 is 31.3. The van der Waals surface area contributed by atoms with Crippen LogP contribution in [-0.2, 0) is 4.74 Å². The fraction of sp³-hybridized carbons (Fsp3) is 0.778. The first-order valence-electron chi connectivity index (χ1n) is 5.06. The van der Waals surface area contributed by atoms with Crippen LogP contribution < -0.4 is 10.6 Å². The van der Waals surface area contributed by atoms with Gasteiger partial charge in [0.25, 0.3) is 5.92 Å². The number of amides is 1. The van der Waals surface area contributed by atoms with Crippen molar-refractivity contribution in [3.8, 4) is 0 Å². The monoisotopic (exact) mass is 268 g/mol. The van der Waals surface area contributed by atoms with Crippen molar-refractivity contribution in [1.82, 2.24) is 10.6 Å². The number of alkyl halides is 2. The first-order chi connectivity index (χ1) is 7.85. The molecule has 0 heterocycles. The smallest absolute Gasteiger partial charge is 0.410 e. The Morgan fingerprint density at radius 2 is 2.24 bits per heavy atom. The van der Waals surface area contributed by atoms with Gasteiger partial charge in [0, 0.05) is 19.6 Å². The van der Waals surface area contributed by atoms with Crippen molar-refractivity contribution in [2.45, 2.75) is 37.3 Å². The molecular weight excluding hydrogens is 254 g/mol. The van der Waals surface area contributed by atoms with E-state index in [2.05, 4.69) is 5.32 Å². The minimum absolute atomic E-state index is 0.0810. The predicted molar refractivity (Wildman–Crippen MR) is 60.3 cm³/mol. The summed E-state index contributed by atoms with van der Waals surface area (Å²) in [6.07, 6.45) is -2.45. The maximum atomic E-state index is 13.3. The summed E-state index contributed by atoms with van der Waals surface area (Å²) in [7, 11) is 1.23. The molecule has 1 saturated carbocycles. The maximum Gasteiger partial charge on any atom is 0.410 e. The Kier molecular flexibility index (Phi) is 4.58. The summed E-state index contributed by atoms with van der Waals surface area (Å²) >= 11 is 4.71. The van der Waals surface area contributed by atoms with E-state index < -0.39 is 18.1 Å². The highest BCUT2D eigenvalue weighted by molar-refractivity contribution is 7.80. The van der Waals surface area contributed by atoms with Gasteiger partial charge < -0.3 is 15.2 Å². The Bertz CT molecular complexity index is 315.